The van der Waals surface area contributed by atoms with Gasteiger partial charge in [-0.2, -0.15) is 5.10 Å². The van der Waals surface area contributed by atoms with Gasteiger partial charge in [-0.3, -0.25) is 4.79 Å². The summed E-state index contributed by atoms with van der Waals surface area (Å²) in [5, 5.41) is 15.4. The van der Waals surface area contributed by atoms with Crippen LogP contribution in [0.5, 0.6) is 5.75 Å². The molecule has 0 aliphatic rings. The molecule has 3 aromatic rings. The fourth-order valence-electron chi connectivity index (χ4n) is 2.22. The van der Waals surface area contributed by atoms with Crippen molar-refractivity contribution in [3.05, 3.63) is 77.6 Å². The average molecular weight is 308 g/mol. The van der Waals surface area contributed by atoms with Gasteiger partial charge < -0.3 is 5.11 Å². The minimum Gasteiger partial charge on any atom is -0.507 e. The molecule has 0 aliphatic heterocycles. The van der Waals surface area contributed by atoms with Crippen LogP contribution in [-0.4, -0.2) is 17.2 Å². The second-order valence-corrected chi connectivity index (χ2v) is 4.97. The standard InChI is InChI=1S/C18H13FN2O2/c19-15-7-3-4-12(8-15)11-20-21-18(23)16-9-13-5-1-2-6-14(13)10-17(16)22/h1-11,22H,(H,21,23). The lowest BCUT2D eigenvalue weighted by Crippen LogP contribution is -2.17. The Labute approximate surface area is 131 Å². The molecular weight excluding hydrogens is 295 g/mol. The third-order valence-corrected chi connectivity index (χ3v) is 3.34. The molecule has 1 amide bonds. The highest BCUT2D eigenvalue weighted by molar-refractivity contribution is 6.01. The number of phenols is 1. The Morgan fingerprint density at radius 3 is 2.52 bits per heavy atom. The fourth-order valence-corrected chi connectivity index (χ4v) is 2.22. The van der Waals surface area contributed by atoms with Crippen LogP contribution in [0.1, 0.15) is 15.9 Å². The number of carbonyl (C=O) groups excluding carboxylic acids is 1. The molecule has 0 atom stereocenters. The van der Waals surface area contributed by atoms with Gasteiger partial charge >= 0.3 is 0 Å². The van der Waals surface area contributed by atoms with Crippen molar-refractivity contribution >= 4 is 22.9 Å². The van der Waals surface area contributed by atoms with Gasteiger partial charge in [0.1, 0.15) is 11.6 Å². The number of hydrogen-bond donors (Lipinski definition) is 2. The predicted molar refractivity (Wildman–Crippen MR) is 87.1 cm³/mol. The van der Waals surface area contributed by atoms with E-state index in [-0.39, 0.29) is 17.1 Å². The summed E-state index contributed by atoms with van der Waals surface area (Å²) in [5.74, 6) is -1.05. The maximum absolute atomic E-state index is 13.0. The number of phenolic OH excluding ortho intramolecular Hbond substituents is 1. The number of amides is 1. The first-order valence-electron chi connectivity index (χ1n) is 6.94. The maximum atomic E-state index is 13.0. The number of nitrogens with one attached hydrogen (secondary N) is 1. The van der Waals surface area contributed by atoms with Crippen LogP contribution in [0.25, 0.3) is 10.8 Å². The van der Waals surface area contributed by atoms with E-state index in [1.165, 1.54) is 24.4 Å². The molecule has 0 bridgehead atoms. The number of fused-ring (bicyclic) bond motifs is 1. The molecule has 0 aliphatic carbocycles. The zero-order chi connectivity index (χ0) is 16.2. The molecule has 0 aromatic heterocycles. The molecule has 23 heavy (non-hydrogen) atoms. The summed E-state index contributed by atoms with van der Waals surface area (Å²) in [6.07, 6.45) is 1.33. The summed E-state index contributed by atoms with van der Waals surface area (Å²) >= 11 is 0. The van der Waals surface area contributed by atoms with Gasteiger partial charge in [-0.1, -0.05) is 36.4 Å². The Kier molecular flexibility index (Phi) is 4.01. The van der Waals surface area contributed by atoms with Crippen LogP contribution in [0.4, 0.5) is 4.39 Å². The van der Waals surface area contributed by atoms with Crippen LogP contribution in [0.15, 0.2) is 65.8 Å². The Morgan fingerprint density at radius 1 is 1.04 bits per heavy atom. The van der Waals surface area contributed by atoms with E-state index in [0.717, 1.165) is 10.8 Å². The molecule has 3 aromatic carbocycles. The smallest absolute Gasteiger partial charge is 0.275 e. The molecule has 3 rings (SSSR count). The number of hydrogen-bond acceptors (Lipinski definition) is 3. The second kappa shape index (κ2) is 6.27. The van der Waals surface area contributed by atoms with Crippen molar-refractivity contribution in [2.24, 2.45) is 5.10 Å². The van der Waals surface area contributed by atoms with E-state index >= 15 is 0 Å². The van der Waals surface area contributed by atoms with E-state index in [4.69, 9.17) is 0 Å². The molecule has 0 unspecified atom stereocenters. The van der Waals surface area contributed by atoms with Crippen LogP contribution in [0, 0.1) is 5.82 Å². The first-order valence-corrected chi connectivity index (χ1v) is 6.94. The molecule has 0 fully saturated rings. The molecule has 0 saturated carbocycles. The number of hydrazone groups is 1. The molecular formula is C18H13FN2O2. The van der Waals surface area contributed by atoms with E-state index in [0.29, 0.717) is 5.56 Å². The topological polar surface area (TPSA) is 61.7 Å². The van der Waals surface area contributed by atoms with Gasteiger partial charge in [-0.05, 0) is 40.6 Å². The summed E-state index contributed by atoms with van der Waals surface area (Å²) in [4.78, 5) is 12.1. The Bertz CT molecular complexity index is 906. The van der Waals surface area contributed by atoms with E-state index < -0.39 is 5.91 Å². The summed E-state index contributed by atoms with van der Waals surface area (Å²) < 4.78 is 13.0. The monoisotopic (exact) mass is 308 g/mol. The van der Waals surface area contributed by atoms with E-state index in [1.54, 1.807) is 18.2 Å². The molecule has 0 radical (unpaired) electrons. The van der Waals surface area contributed by atoms with Gasteiger partial charge in [-0.15, -0.1) is 0 Å². The number of halogens is 1. The summed E-state index contributed by atoms with van der Waals surface area (Å²) in [5.41, 5.74) is 2.97. The van der Waals surface area contributed by atoms with Crippen LogP contribution in [-0.2, 0) is 0 Å². The second-order valence-electron chi connectivity index (χ2n) is 4.97. The number of nitrogens with zero attached hydrogens (tertiary/aromatic N) is 1. The predicted octanol–water partition coefficient (Wildman–Crippen LogP) is 3.45. The van der Waals surface area contributed by atoms with E-state index in [1.807, 2.05) is 24.3 Å². The van der Waals surface area contributed by atoms with Crippen molar-refractivity contribution in [1.29, 1.82) is 0 Å². The maximum Gasteiger partial charge on any atom is 0.275 e. The minimum atomic E-state index is -0.541. The average Bonchev–Trinajstić information content (AvgIpc) is 2.54. The molecule has 5 heteroatoms. The van der Waals surface area contributed by atoms with Gasteiger partial charge in [0.2, 0.25) is 0 Å². The van der Waals surface area contributed by atoms with Gasteiger partial charge in [0.25, 0.3) is 5.91 Å². The molecule has 0 saturated heterocycles. The fraction of sp³-hybridized carbons (Fsp3) is 0. The van der Waals surface area contributed by atoms with Crippen molar-refractivity contribution in [3.63, 3.8) is 0 Å². The Hall–Kier alpha value is -3.21. The lowest BCUT2D eigenvalue weighted by molar-refractivity contribution is 0.0952. The number of rotatable bonds is 3. The Morgan fingerprint density at radius 2 is 1.78 bits per heavy atom. The normalized spacial score (nSPS) is 11.0. The summed E-state index contributed by atoms with van der Waals surface area (Å²) in [6, 6.07) is 16.3. The molecule has 0 heterocycles. The van der Waals surface area contributed by atoms with Crippen LogP contribution in [0.3, 0.4) is 0 Å². The van der Waals surface area contributed by atoms with Crippen molar-refractivity contribution < 1.29 is 14.3 Å². The zero-order valence-corrected chi connectivity index (χ0v) is 12.0. The van der Waals surface area contributed by atoms with Crippen molar-refractivity contribution in [2.45, 2.75) is 0 Å². The highest BCUT2D eigenvalue weighted by Crippen LogP contribution is 2.24. The van der Waals surface area contributed by atoms with Crippen LogP contribution < -0.4 is 5.43 Å². The van der Waals surface area contributed by atoms with Gasteiger partial charge in [0.15, 0.2) is 0 Å². The van der Waals surface area contributed by atoms with Gasteiger partial charge in [-0.25, -0.2) is 9.82 Å². The summed E-state index contributed by atoms with van der Waals surface area (Å²) in [6.45, 7) is 0. The lowest BCUT2D eigenvalue weighted by Gasteiger charge is -2.05. The highest BCUT2D eigenvalue weighted by atomic mass is 19.1. The van der Waals surface area contributed by atoms with Gasteiger partial charge in [0.05, 0.1) is 11.8 Å². The third kappa shape index (κ3) is 3.35. The molecule has 2 N–H and O–H groups in total. The van der Waals surface area contributed by atoms with Gasteiger partial charge in [0, 0.05) is 0 Å². The van der Waals surface area contributed by atoms with Crippen LogP contribution >= 0.6 is 0 Å². The molecule has 114 valence electrons. The Balaban J connectivity index is 1.79. The number of benzene rings is 3. The van der Waals surface area contributed by atoms with Crippen molar-refractivity contribution in [2.75, 3.05) is 0 Å². The van der Waals surface area contributed by atoms with Crippen LogP contribution in [0.2, 0.25) is 0 Å². The first-order chi connectivity index (χ1) is 11.1. The van der Waals surface area contributed by atoms with Crippen molar-refractivity contribution in [1.82, 2.24) is 5.43 Å². The largest absolute Gasteiger partial charge is 0.507 e. The zero-order valence-electron chi connectivity index (χ0n) is 12.0. The van der Waals surface area contributed by atoms with E-state index in [2.05, 4.69) is 10.5 Å². The molecule has 4 nitrogen and oxygen atoms in total. The number of carbonyl (C=O) groups is 1. The highest BCUT2D eigenvalue weighted by Gasteiger charge is 2.11. The van der Waals surface area contributed by atoms with Crippen molar-refractivity contribution in [3.8, 4) is 5.75 Å². The quantitative estimate of drug-likeness (QED) is 0.575. The third-order valence-electron chi connectivity index (χ3n) is 3.34. The first kappa shape index (κ1) is 14.7. The summed E-state index contributed by atoms with van der Waals surface area (Å²) in [7, 11) is 0. The number of aromatic hydroxyl groups is 1. The SMILES string of the molecule is O=C(NN=Cc1cccc(F)c1)c1cc2ccccc2cc1O. The molecule has 0 spiro atoms. The lowest BCUT2D eigenvalue weighted by atomic mass is 10.1. The van der Waals surface area contributed by atoms with E-state index in [9.17, 15) is 14.3 Å². The minimum absolute atomic E-state index is 0.123.